The second-order valence-electron chi connectivity index (χ2n) is 6.43. The first-order valence-corrected chi connectivity index (χ1v) is 8.55. The van der Waals surface area contributed by atoms with Crippen molar-refractivity contribution in [2.24, 2.45) is 0 Å². The lowest BCUT2D eigenvalue weighted by Crippen LogP contribution is -1.97. The Kier molecular flexibility index (Phi) is 4.75. The maximum Gasteiger partial charge on any atom is 0.127 e. The van der Waals surface area contributed by atoms with Gasteiger partial charge in [-0.05, 0) is 53.5 Å². The third-order valence-electron chi connectivity index (χ3n) is 4.38. The number of aromatic hydroxyl groups is 1. The minimum atomic E-state index is 0.307. The summed E-state index contributed by atoms with van der Waals surface area (Å²) in [4.78, 5) is 0. The molecule has 3 aromatic rings. The lowest BCUT2D eigenvalue weighted by molar-refractivity contribution is 0.344. The summed E-state index contributed by atoms with van der Waals surface area (Å²) >= 11 is 0. The van der Waals surface area contributed by atoms with E-state index in [1.807, 2.05) is 19.1 Å². The normalized spacial score (nSPS) is 11.2. The fourth-order valence-electron chi connectivity index (χ4n) is 3.17. The lowest BCUT2D eigenvalue weighted by Gasteiger charge is -2.14. The Hall–Kier alpha value is -2.48. The van der Waals surface area contributed by atoms with Crippen molar-refractivity contribution in [2.75, 3.05) is 6.61 Å². The van der Waals surface area contributed by atoms with Crippen LogP contribution in [-0.2, 0) is 6.42 Å². The predicted octanol–water partition coefficient (Wildman–Crippen LogP) is 5.66. The molecule has 0 aliphatic heterocycles. The number of rotatable bonds is 5. The summed E-state index contributed by atoms with van der Waals surface area (Å²) in [6.07, 6.45) is 0.840. The highest BCUT2D eigenvalue weighted by Crippen LogP contribution is 2.31. The molecule has 124 valence electrons. The van der Waals surface area contributed by atoms with Crippen molar-refractivity contribution in [1.82, 2.24) is 0 Å². The van der Waals surface area contributed by atoms with E-state index in [0.717, 1.165) is 23.1 Å². The van der Waals surface area contributed by atoms with Crippen LogP contribution in [0.2, 0.25) is 0 Å². The van der Waals surface area contributed by atoms with Gasteiger partial charge < -0.3 is 9.84 Å². The molecule has 0 aliphatic carbocycles. The number of benzene rings is 3. The summed E-state index contributed by atoms with van der Waals surface area (Å²) < 4.78 is 5.76. The number of ether oxygens (including phenoxy) is 1. The van der Waals surface area contributed by atoms with Gasteiger partial charge in [0.1, 0.15) is 11.5 Å². The van der Waals surface area contributed by atoms with Crippen molar-refractivity contribution in [3.8, 4) is 11.5 Å². The molecule has 0 bridgehead atoms. The van der Waals surface area contributed by atoms with Crippen LogP contribution >= 0.6 is 0 Å². The summed E-state index contributed by atoms with van der Waals surface area (Å²) in [6, 6.07) is 18.5. The zero-order chi connectivity index (χ0) is 17.1. The van der Waals surface area contributed by atoms with E-state index < -0.39 is 0 Å². The predicted molar refractivity (Wildman–Crippen MR) is 100 cm³/mol. The largest absolute Gasteiger partial charge is 0.508 e. The highest BCUT2D eigenvalue weighted by Gasteiger charge is 2.10. The zero-order valence-electron chi connectivity index (χ0n) is 14.5. The Morgan fingerprint density at radius 3 is 2.42 bits per heavy atom. The number of phenolic OH excluding ortho intramolecular Hbond substituents is 1. The first-order chi connectivity index (χ1) is 11.6. The highest BCUT2D eigenvalue weighted by molar-refractivity contribution is 5.91. The number of fused-ring (bicyclic) bond motifs is 1. The second-order valence-corrected chi connectivity index (χ2v) is 6.43. The molecule has 0 unspecified atom stereocenters. The minimum Gasteiger partial charge on any atom is -0.508 e. The topological polar surface area (TPSA) is 29.5 Å². The van der Waals surface area contributed by atoms with Gasteiger partial charge in [-0.15, -0.1) is 0 Å². The van der Waals surface area contributed by atoms with E-state index in [0.29, 0.717) is 18.3 Å². The van der Waals surface area contributed by atoms with Crippen LogP contribution in [0.5, 0.6) is 11.5 Å². The molecule has 0 saturated heterocycles. The lowest BCUT2D eigenvalue weighted by atomic mass is 9.94. The Balaban J connectivity index is 2.02. The summed E-state index contributed by atoms with van der Waals surface area (Å²) in [5.74, 6) is 1.62. The van der Waals surface area contributed by atoms with Gasteiger partial charge in [0, 0.05) is 5.39 Å². The summed E-state index contributed by atoms with van der Waals surface area (Å²) in [6.45, 7) is 6.88. The molecule has 0 heterocycles. The SMILES string of the molecule is CCOc1ccc(Cc2ccc(O)c(C(C)C)c2)c2ccccc12. The Bertz CT molecular complexity index is 850. The molecule has 0 aromatic heterocycles. The molecule has 3 rings (SSSR count). The van der Waals surface area contributed by atoms with Crippen molar-refractivity contribution in [1.29, 1.82) is 0 Å². The van der Waals surface area contributed by atoms with Crippen molar-refractivity contribution in [2.45, 2.75) is 33.1 Å². The van der Waals surface area contributed by atoms with E-state index in [1.54, 1.807) is 6.07 Å². The number of hydrogen-bond acceptors (Lipinski definition) is 2. The Morgan fingerprint density at radius 2 is 1.71 bits per heavy atom. The molecule has 0 saturated carbocycles. The summed E-state index contributed by atoms with van der Waals surface area (Å²) in [7, 11) is 0. The first kappa shape index (κ1) is 16.4. The maximum atomic E-state index is 10.0. The average molecular weight is 320 g/mol. The van der Waals surface area contributed by atoms with Crippen LogP contribution in [0.15, 0.2) is 54.6 Å². The Morgan fingerprint density at radius 1 is 0.958 bits per heavy atom. The van der Waals surface area contributed by atoms with E-state index in [1.165, 1.54) is 16.5 Å². The number of hydrogen-bond donors (Lipinski definition) is 1. The van der Waals surface area contributed by atoms with Crippen molar-refractivity contribution < 1.29 is 9.84 Å². The molecule has 2 nitrogen and oxygen atoms in total. The van der Waals surface area contributed by atoms with Crippen LogP contribution in [0.25, 0.3) is 10.8 Å². The molecule has 0 amide bonds. The van der Waals surface area contributed by atoms with E-state index in [-0.39, 0.29) is 0 Å². The average Bonchev–Trinajstić information content (AvgIpc) is 2.58. The van der Waals surface area contributed by atoms with Crippen LogP contribution in [0.3, 0.4) is 0 Å². The van der Waals surface area contributed by atoms with E-state index in [9.17, 15) is 5.11 Å². The molecule has 2 heteroatoms. The summed E-state index contributed by atoms with van der Waals surface area (Å²) in [5, 5.41) is 12.4. The molecule has 0 aliphatic rings. The molecule has 0 spiro atoms. The number of phenols is 1. The van der Waals surface area contributed by atoms with Gasteiger partial charge in [0.15, 0.2) is 0 Å². The highest BCUT2D eigenvalue weighted by atomic mass is 16.5. The zero-order valence-corrected chi connectivity index (χ0v) is 14.5. The van der Waals surface area contributed by atoms with Crippen molar-refractivity contribution in [3.05, 3.63) is 71.3 Å². The van der Waals surface area contributed by atoms with Crippen LogP contribution in [0.1, 0.15) is 43.4 Å². The third kappa shape index (κ3) is 3.23. The van der Waals surface area contributed by atoms with Crippen molar-refractivity contribution >= 4 is 10.8 Å². The van der Waals surface area contributed by atoms with Gasteiger partial charge in [-0.2, -0.15) is 0 Å². The molecular formula is C22H24O2. The first-order valence-electron chi connectivity index (χ1n) is 8.55. The molecule has 0 radical (unpaired) electrons. The summed E-state index contributed by atoms with van der Waals surface area (Å²) in [5.41, 5.74) is 3.49. The van der Waals surface area contributed by atoms with Crippen LogP contribution in [0, 0.1) is 0 Å². The molecule has 0 fully saturated rings. The Labute approximate surface area is 143 Å². The standard InChI is InChI=1S/C22H24O2/c1-4-24-22-12-10-17(18-7-5-6-8-19(18)22)13-16-9-11-21(23)20(14-16)15(2)3/h5-12,14-15,23H,4,13H2,1-3H3. The smallest absolute Gasteiger partial charge is 0.127 e. The van der Waals surface area contributed by atoms with Gasteiger partial charge >= 0.3 is 0 Å². The van der Waals surface area contributed by atoms with Gasteiger partial charge in [-0.1, -0.05) is 56.3 Å². The van der Waals surface area contributed by atoms with Gasteiger partial charge in [-0.3, -0.25) is 0 Å². The van der Waals surface area contributed by atoms with Crippen LogP contribution in [0.4, 0.5) is 0 Å². The van der Waals surface area contributed by atoms with Crippen LogP contribution in [-0.4, -0.2) is 11.7 Å². The van der Waals surface area contributed by atoms with Gasteiger partial charge in [0.2, 0.25) is 0 Å². The molecule has 0 atom stereocenters. The van der Waals surface area contributed by atoms with Gasteiger partial charge in [0.05, 0.1) is 6.61 Å². The fraction of sp³-hybridized carbons (Fsp3) is 0.273. The van der Waals surface area contributed by atoms with E-state index >= 15 is 0 Å². The second kappa shape index (κ2) is 6.96. The van der Waals surface area contributed by atoms with Gasteiger partial charge in [0.25, 0.3) is 0 Å². The quantitative estimate of drug-likeness (QED) is 0.657. The van der Waals surface area contributed by atoms with Gasteiger partial charge in [-0.25, -0.2) is 0 Å². The van der Waals surface area contributed by atoms with E-state index in [4.69, 9.17) is 4.74 Å². The maximum absolute atomic E-state index is 10.0. The molecule has 1 N–H and O–H groups in total. The monoisotopic (exact) mass is 320 g/mol. The van der Waals surface area contributed by atoms with E-state index in [2.05, 4.69) is 50.2 Å². The van der Waals surface area contributed by atoms with Crippen molar-refractivity contribution in [3.63, 3.8) is 0 Å². The van der Waals surface area contributed by atoms with Crippen LogP contribution < -0.4 is 4.74 Å². The molecular weight excluding hydrogens is 296 g/mol. The third-order valence-corrected chi connectivity index (χ3v) is 4.38. The fourth-order valence-corrected chi connectivity index (χ4v) is 3.17. The minimum absolute atomic E-state index is 0.307. The molecule has 3 aromatic carbocycles. The molecule has 24 heavy (non-hydrogen) atoms.